The van der Waals surface area contributed by atoms with Crippen molar-refractivity contribution in [2.45, 2.75) is 0 Å². The smallest absolute Gasteiger partial charge is 0.220 e. The lowest BCUT2D eigenvalue weighted by atomic mass is 9.88. The Morgan fingerprint density at radius 3 is 1.44 bits per heavy atom. The van der Waals surface area contributed by atoms with Crippen molar-refractivity contribution in [2.75, 3.05) is 0 Å². The second kappa shape index (κ2) is 13.3. The molecule has 0 N–H and O–H groups in total. The van der Waals surface area contributed by atoms with Gasteiger partial charge in [-0.05, 0) is 35.4 Å². The van der Waals surface area contributed by atoms with Crippen molar-refractivity contribution in [3.05, 3.63) is 199 Å². The molecule has 0 aliphatic heterocycles. The number of rotatable bonds is 4. The zero-order chi connectivity index (χ0) is 49.8. The van der Waals surface area contributed by atoms with Crippen LogP contribution in [0.4, 0.5) is 5.69 Å². The molecule has 0 fully saturated rings. The average Bonchev–Trinajstić information content (AvgIpc) is 4.16. The Kier molecular flexibility index (Phi) is 5.61. The van der Waals surface area contributed by atoms with E-state index < -0.39 is 66.0 Å². The van der Waals surface area contributed by atoms with Crippen LogP contribution in [0, 0.1) is 17.9 Å². The van der Waals surface area contributed by atoms with Crippen LogP contribution in [0.1, 0.15) is 19.3 Å². The molecule has 0 amide bonds. The third-order valence-corrected chi connectivity index (χ3v) is 14.3. The first-order chi connectivity index (χ1) is 34.9. The quantitative estimate of drug-likeness (QED) is 0.163. The van der Waals surface area contributed by atoms with Gasteiger partial charge >= 0.3 is 0 Å². The number of para-hydroxylation sites is 2. The van der Waals surface area contributed by atoms with Crippen LogP contribution in [0.3, 0.4) is 0 Å². The average molecular weight is 833 g/mol. The van der Waals surface area contributed by atoms with E-state index in [1.54, 1.807) is 4.57 Å². The zero-order valence-corrected chi connectivity index (χ0v) is 33.8. The van der Waals surface area contributed by atoms with Crippen LogP contribution < -0.4 is 0 Å². The lowest BCUT2D eigenvalue weighted by Gasteiger charge is -2.26. The maximum Gasteiger partial charge on any atom is 0.220 e. The summed E-state index contributed by atoms with van der Waals surface area (Å²) in [6.45, 7) is 9.40. The van der Waals surface area contributed by atoms with Crippen molar-refractivity contribution in [3.63, 3.8) is 0 Å². The standard InChI is InChI=1S/C56H30N4S2/c1-58-50-48(33-16-4-2-5-17-33)43(32-57)51(59-44-24-12-8-20-35(44)36-21-9-13-25-45(36)59)49(34-18-6-3-7-19-34)54(50)60-52-39(28-30-41-37-22-10-14-26-46(37)61-55(41)52)40-29-31-42-38-23-11-15-27-47(38)62-56(42)53(40)60/h2-31H/i2D,3D,4D,5D,6D,7D,16D,17D,18D,19D. The van der Waals surface area contributed by atoms with E-state index in [1.165, 1.54) is 22.7 Å². The number of aromatic nitrogens is 2. The van der Waals surface area contributed by atoms with Gasteiger partial charge in [0.1, 0.15) is 6.07 Å². The minimum Gasteiger partial charge on any atom is -0.316 e. The van der Waals surface area contributed by atoms with Gasteiger partial charge in [-0.3, -0.25) is 0 Å². The van der Waals surface area contributed by atoms with Gasteiger partial charge in [-0.1, -0.05) is 157 Å². The highest BCUT2D eigenvalue weighted by Gasteiger charge is 2.33. The molecule has 0 spiro atoms. The fourth-order valence-electron chi connectivity index (χ4n) is 9.53. The third kappa shape index (κ3) is 4.68. The first kappa shape index (κ1) is 26.3. The molecule has 0 aliphatic carbocycles. The highest BCUT2D eigenvalue weighted by atomic mass is 32.1. The van der Waals surface area contributed by atoms with Gasteiger partial charge in [0.2, 0.25) is 5.69 Å². The van der Waals surface area contributed by atoms with E-state index >= 15 is 0 Å². The Balaban J connectivity index is 1.43. The first-order valence-corrected chi connectivity index (χ1v) is 21.3. The Morgan fingerprint density at radius 2 is 0.935 bits per heavy atom. The van der Waals surface area contributed by atoms with Gasteiger partial charge in [-0.2, -0.15) is 5.26 Å². The molecule has 0 aliphatic rings. The molecule has 0 bridgehead atoms. The van der Waals surface area contributed by atoms with Crippen molar-refractivity contribution in [1.82, 2.24) is 9.13 Å². The Hall–Kier alpha value is -8.00. The van der Waals surface area contributed by atoms with E-state index in [4.69, 9.17) is 5.48 Å². The van der Waals surface area contributed by atoms with Gasteiger partial charge in [0.25, 0.3) is 0 Å². The summed E-state index contributed by atoms with van der Waals surface area (Å²) in [5.41, 5.74) is 0.661. The maximum atomic E-state index is 11.9. The molecule has 13 rings (SSSR count). The Labute approximate surface area is 377 Å². The minimum absolute atomic E-state index is 0.00360. The van der Waals surface area contributed by atoms with Gasteiger partial charge < -0.3 is 9.13 Å². The van der Waals surface area contributed by atoms with E-state index in [-0.39, 0.29) is 39.3 Å². The van der Waals surface area contributed by atoms with Crippen LogP contribution in [0.15, 0.2) is 182 Å². The molecule has 13 aromatic rings. The van der Waals surface area contributed by atoms with E-state index in [2.05, 4.69) is 23.0 Å². The fraction of sp³-hybridized carbons (Fsp3) is 0. The Morgan fingerprint density at radius 1 is 0.484 bits per heavy atom. The van der Waals surface area contributed by atoms with Crippen molar-refractivity contribution in [2.24, 2.45) is 0 Å². The molecule has 0 radical (unpaired) electrons. The van der Waals surface area contributed by atoms with E-state index in [9.17, 15) is 20.1 Å². The Bertz CT molecular complexity index is 4500. The second-order valence-electron chi connectivity index (χ2n) is 15.0. The van der Waals surface area contributed by atoms with Gasteiger partial charge in [-0.25, -0.2) is 4.85 Å². The highest BCUT2D eigenvalue weighted by Crippen LogP contribution is 2.54. The van der Waals surface area contributed by atoms with Crippen LogP contribution in [0.5, 0.6) is 0 Å². The highest BCUT2D eigenvalue weighted by molar-refractivity contribution is 7.27. The van der Waals surface area contributed by atoms with Crippen LogP contribution >= 0.6 is 22.7 Å². The van der Waals surface area contributed by atoms with E-state index in [0.29, 0.717) is 22.1 Å². The molecule has 4 aromatic heterocycles. The summed E-state index contributed by atoms with van der Waals surface area (Å²) in [5.74, 6) is 0. The summed E-state index contributed by atoms with van der Waals surface area (Å²) in [6, 6.07) is 35.0. The van der Waals surface area contributed by atoms with Gasteiger partial charge in [-0.15, -0.1) is 22.7 Å². The summed E-state index contributed by atoms with van der Waals surface area (Å²) in [7, 11) is 0. The van der Waals surface area contributed by atoms with Gasteiger partial charge in [0.15, 0.2) is 0 Å². The molecule has 0 unspecified atom stereocenters. The van der Waals surface area contributed by atoms with Crippen LogP contribution in [0.25, 0.3) is 122 Å². The first-order valence-electron chi connectivity index (χ1n) is 24.7. The molecule has 6 heteroatoms. The monoisotopic (exact) mass is 832 g/mol. The molecule has 9 aromatic carbocycles. The number of hydrogen-bond donors (Lipinski definition) is 0. The van der Waals surface area contributed by atoms with E-state index in [1.807, 2.05) is 114 Å². The van der Waals surface area contributed by atoms with Gasteiger partial charge in [0, 0.05) is 63.6 Å². The summed E-state index contributed by atoms with van der Waals surface area (Å²) in [5, 5.41) is 18.8. The van der Waals surface area contributed by atoms with Crippen molar-refractivity contribution in [1.29, 1.82) is 5.26 Å². The van der Waals surface area contributed by atoms with Crippen molar-refractivity contribution >= 4 is 112 Å². The summed E-state index contributed by atoms with van der Waals surface area (Å²) < 4.78 is 99.7. The van der Waals surface area contributed by atoms with Gasteiger partial charge in [0.05, 0.1) is 68.7 Å². The number of thiophene rings is 2. The number of nitrogens with zero attached hydrogens (tertiary/aromatic N) is 4. The number of fused-ring (bicyclic) bond motifs is 14. The molecule has 4 nitrogen and oxygen atoms in total. The summed E-state index contributed by atoms with van der Waals surface area (Å²) in [4.78, 5) is 4.28. The van der Waals surface area contributed by atoms with Crippen LogP contribution in [-0.2, 0) is 0 Å². The van der Waals surface area contributed by atoms with Crippen molar-refractivity contribution in [3.8, 4) is 39.7 Å². The molecular formula is C56H30N4S2. The lowest BCUT2D eigenvalue weighted by molar-refractivity contribution is 1.14. The molecule has 4 heterocycles. The van der Waals surface area contributed by atoms with Crippen LogP contribution in [-0.4, -0.2) is 9.13 Å². The number of hydrogen-bond acceptors (Lipinski definition) is 3. The minimum atomic E-state index is -0.684. The summed E-state index contributed by atoms with van der Waals surface area (Å²) >= 11 is 3.07. The lowest BCUT2D eigenvalue weighted by Crippen LogP contribution is -2.08. The number of benzene rings is 9. The van der Waals surface area contributed by atoms with Crippen LogP contribution in [0.2, 0.25) is 0 Å². The topological polar surface area (TPSA) is 38.0 Å². The molecule has 286 valence electrons. The largest absolute Gasteiger partial charge is 0.316 e. The molecule has 0 saturated heterocycles. The normalized spacial score (nSPS) is 14.1. The maximum absolute atomic E-state index is 11.9. The molecule has 0 atom stereocenters. The molecular weight excluding hydrogens is 793 g/mol. The number of nitriles is 1. The molecule has 62 heavy (non-hydrogen) atoms. The third-order valence-electron chi connectivity index (χ3n) is 12.0. The second-order valence-corrected chi connectivity index (χ2v) is 17.1. The predicted octanol–water partition coefficient (Wildman–Crippen LogP) is 16.4. The SMILES string of the molecule is [2H]c1c([2H])c([2H])c(-c2c(C#N)c(-n3c4ccccc4c4ccccc43)c(-c3c([2H])c([2H])c([2H])c([2H])c3[2H])c(-n3c4c(ccc5c6ccccc6sc54)c4ccc5c6ccccc6sc5c43)c2[N+]#[C-])c([2H])c1[2H]. The van der Waals surface area contributed by atoms with Crippen molar-refractivity contribution < 1.29 is 13.7 Å². The fourth-order valence-corrected chi connectivity index (χ4v) is 12.0. The van der Waals surface area contributed by atoms with E-state index in [0.717, 1.165) is 61.9 Å². The zero-order valence-electron chi connectivity index (χ0n) is 42.2. The molecule has 0 saturated carbocycles. The summed E-state index contributed by atoms with van der Waals surface area (Å²) in [6.07, 6.45) is 0. The predicted molar refractivity (Wildman–Crippen MR) is 263 cm³/mol.